The number of nitrogens with zero attached hydrogens (tertiary/aromatic N) is 2. The molecule has 0 aliphatic rings. The molecule has 0 aliphatic carbocycles. The third-order valence-electron chi connectivity index (χ3n) is 5.12. The predicted octanol–water partition coefficient (Wildman–Crippen LogP) is -7.60. The van der Waals surface area contributed by atoms with Gasteiger partial charge in [-0.05, 0) is 0 Å². The Balaban J connectivity index is 0.000000929. The van der Waals surface area contributed by atoms with E-state index in [1.165, 1.54) is 7.06 Å². The highest BCUT2D eigenvalue weighted by Gasteiger charge is 2.47. The molecule has 0 saturated heterocycles. The highest BCUT2D eigenvalue weighted by molar-refractivity contribution is 8.22. The molecule has 31 heavy (non-hydrogen) atoms. The van der Waals surface area contributed by atoms with Crippen LogP contribution >= 0.6 is 11.6 Å². The monoisotopic (exact) mass is 383 g/mol. The van der Waals surface area contributed by atoms with E-state index in [-0.39, 0.29) is 0 Å². The van der Waals surface area contributed by atoms with Crippen molar-refractivity contribution in [3.05, 3.63) is 18.2 Å². The predicted molar refractivity (Wildman–Crippen MR) is 165 cm³/mol. The van der Waals surface area contributed by atoms with Gasteiger partial charge in [-0.2, -0.15) is 0 Å². The third kappa shape index (κ3) is 10.4. The zero-order valence-electron chi connectivity index (χ0n) is 17.9. The molecule has 2 nitrogen and oxygen atoms in total. The fraction of sp³-hybridized carbons (Fsp3) is 0.400. The van der Waals surface area contributed by atoms with Crippen molar-refractivity contribution in [1.29, 1.82) is 0 Å². The maximum Gasteiger partial charge on any atom is 0.0947 e. The second-order valence-corrected chi connectivity index (χ2v) is 7.90. The van der Waals surface area contributed by atoms with Crippen molar-refractivity contribution in [2.24, 2.45) is 7.05 Å². The molecule has 25 radical (unpaired) electrons. The van der Waals surface area contributed by atoms with Crippen LogP contribution in [-0.4, -0.2) is 173 Å². The van der Waals surface area contributed by atoms with E-state index < -0.39 is 63.9 Å². The lowest BCUT2D eigenvalue weighted by molar-refractivity contribution is 0.913. The van der Waals surface area contributed by atoms with Crippen LogP contribution in [0.25, 0.3) is 0 Å². The van der Waals surface area contributed by atoms with Gasteiger partial charge in [0.1, 0.15) is 0 Å². The maximum absolute atomic E-state index is 6.03. The van der Waals surface area contributed by atoms with Crippen molar-refractivity contribution in [3.63, 3.8) is 0 Å². The van der Waals surface area contributed by atoms with Gasteiger partial charge in [0, 0.05) is 177 Å². The molecule has 0 fully saturated rings. The Morgan fingerprint density at radius 2 is 1.16 bits per heavy atom. The Labute approximate surface area is 215 Å². The highest BCUT2D eigenvalue weighted by Crippen LogP contribution is 2.09. The fourth-order valence-electron chi connectivity index (χ4n) is 3.74. The van der Waals surface area contributed by atoms with Crippen LogP contribution in [0.15, 0.2) is 12.5 Å². The second-order valence-electron chi connectivity index (χ2n) is 7.63. The number of halogens is 1. The van der Waals surface area contributed by atoms with E-state index >= 15 is 0 Å². The molecular formula is C5H7B23ClN2. The summed E-state index contributed by atoms with van der Waals surface area (Å²) in [5, 5.41) is 0. The molecule has 113 valence electrons. The zero-order chi connectivity index (χ0) is 24.5. The van der Waals surface area contributed by atoms with Crippen LogP contribution in [0.4, 0.5) is 0 Å². The van der Waals surface area contributed by atoms with Crippen LogP contribution in [0.1, 0.15) is 5.69 Å². The van der Waals surface area contributed by atoms with E-state index in [0.717, 1.165) is 5.69 Å². The second kappa shape index (κ2) is 15.8. The van der Waals surface area contributed by atoms with Crippen LogP contribution in [0.5, 0.6) is 0 Å². The van der Waals surface area contributed by atoms with Gasteiger partial charge in [0.25, 0.3) is 0 Å². The van der Waals surface area contributed by atoms with Crippen molar-refractivity contribution >= 4 is 175 Å². The number of hydrogen-bond acceptors (Lipinski definition) is 1. The summed E-state index contributed by atoms with van der Waals surface area (Å²) in [4.78, 5) is 3.97. The molecule has 1 aromatic rings. The quantitative estimate of drug-likeness (QED) is 0.276. The minimum absolute atomic E-state index is 0.501. The third-order valence-corrected chi connectivity index (χ3v) is 5.39. The lowest BCUT2D eigenvalue weighted by atomic mass is 8.36. The standard InChI is InChI=1S/C5H7ClN2.B23/c1-8-3-5(2-6)7-4-8;1-13-19(12)22(18(10)11)23(20(14(2)3)15(4)5)21(16(6)7)17(8)9/h3-4H,2H2,1H3;. The summed E-state index contributed by atoms with van der Waals surface area (Å²) in [5.41, 5.74) is 0.925. The maximum atomic E-state index is 6.03. The van der Waals surface area contributed by atoms with E-state index in [1.807, 2.05) is 17.8 Å². The number of imidazole rings is 1. The summed E-state index contributed by atoms with van der Waals surface area (Å²) < 4.78 is 1.87. The van der Waals surface area contributed by atoms with Crippen molar-refractivity contribution in [1.82, 2.24) is 9.55 Å². The summed E-state index contributed by atoms with van der Waals surface area (Å²) in [6.07, 6.45) is -4.40. The first kappa shape index (κ1) is 32.0. The lowest BCUT2D eigenvalue weighted by Gasteiger charge is -2.45. The summed E-state index contributed by atoms with van der Waals surface area (Å²) >= 11 is 5.46. The average molecular weight is 379 g/mol. The number of rotatable bonds is 11. The molecule has 1 aromatic heterocycles. The van der Waals surface area contributed by atoms with E-state index in [9.17, 15) is 0 Å². The smallest absolute Gasteiger partial charge is 0.0947 e. The molecule has 0 spiro atoms. The minimum atomic E-state index is -0.925. The Kier molecular flexibility index (Phi) is 16.3. The van der Waals surface area contributed by atoms with Crippen molar-refractivity contribution in [2.75, 3.05) is 0 Å². The molecule has 0 N–H and O–H groups in total. The van der Waals surface area contributed by atoms with Crippen LogP contribution in [0, 0.1) is 0 Å². The van der Waals surface area contributed by atoms with Crippen molar-refractivity contribution < 1.29 is 0 Å². The van der Waals surface area contributed by atoms with Crippen molar-refractivity contribution in [2.45, 2.75) is 5.88 Å². The topological polar surface area (TPSA) is 17.8 Å². The van der Waals surface area contributed by atoms with Gasteiger partial charge in [0.2, 0.25) is 0 Å². The molecule has 0 aliphatic heterocycles. The van der Waals surface area contributed by atoms with Gasteiger partial charge in [0.05, 0.1) is 17.9 Å². The van der Waals surface area contributed by atoms with Gasteiger partial charge in [0.15, 0.2) is 0 Å². The molecule has 0 amide bonds. The largest absolute Gasteiger partial charge is 0.340 e. The fourth-order valence-corrected chi connectivity index (χ4v) is 3.88. The summed E-state index contributed by atoms with van der Waals surface area (Å²) in [6, 6.07) is 0. The summed E-state index contributed by atoms with van der Waals surface area (Å²) in [6.45, 7) is 0. The minimum Gasteiger partial charge on any atom is -0.340 e. The Morgan fingerprint density at radius 3 is 1.35 bits per heavy atom. The Morgan fingerprint density at radius 1 is 0.774 bits per heavy atom. The Bertz CT molecular complexity index is 556. The SMILES string of the molecule is Cn1cnc(CCl)c1.[B][B]B([B])B(B([B])[B])B(B(B([B])[B])B([B])[B])B(B([B])[B])B([B])[B]. The van der Waals surface area contributed by atoms with Gasteiger partial charge < -0.3 is 4.57 Å². The highest BCUT2D eigenvalue weighted by atomic mass is 35.5. The number of aromatic nitrogens is 2. The van der Waals surface area contributed by atoms with E-state index in [4.69, 9.17) is 104 Å². The first-order valence-electron chi connectivity index (χ1n) is 9.69. The van der Waals surface area contributed by atoms with Gasteiger partial charge in [-0.15, -0.1) is 11.6 Å². The molecule has 1 heterocycles. The first-order chi connectivity index (χ1) is 14.3. The van der Waals surface area contributed by atoms with Crippen molar-refractivity contribution in [3.8, 4) is 0 Å². The summed E-state index contributed by atoms with van der Waals surface area (Å²) in [7, 11) is 73.3. The zero-order valence-corrected chi connectivity index (χ0v) is 18.7. The Hall–Kier alpha value is 0.994. The number of alkyl halides is 1. The normalized spacial score (nSPS) is 9.35. The molecule has 0 aromatic carbocycles. The molecule has 26 heteroatoms. The van der Waals surface area contributed by atoms with E-state index in [0.29, 0.717) is 5.88 Å². The first-order valence-corrected chi connectivity index (χ1v) is 10.2. The molecule has 0 bridgehead atoms. The molecule has 0 unspecified atom stereocenters. The molecule has 1 rings (SSSR count). The van der Waals surface area contributed by atoms with Crippen LogP contribution < -0.4 is 0 Å². The van der Waals surface area contributed by atoms with Gasteiger partial charge in [-0.1, -0.05) is 0 Å². The van der Waals surface area contributed by atoms with Gasteiger partial charge >= 0.3 is 0 Å². The van der Waals surface area contributed by atoms with Crippen LogP contribution in [0.2, 0.25) is 0 Å². The molecular weight excluding hydrogens is 372 g/mol. The summed E-state index contributed by atoms with van der Waals surface area (Å²) in [5.74, 6) is 0.501. The average Bonchev–Trinajstić information content (AvgIpc) is 3.06. The van der Waals surface area contributed by atoms with Gasteiger partial charge in [-0.25, -0.2) is 4.98 Å². The van der Waals surface area contributed by atoms with Gasteiger partial charge in [-0.3, -0.25) is 0 Å². The molecule has 0 atom stereocenters. The molecule has 0 saturated carbocycles. The van der Waals surface area contributed by atoms with E-state index in [1.54, 1.807) is 6.33 Å². The van der Waals surface area contributed by atoms with E-state index in [2.05, 4.69) is 4.98 Å². The lowest BCUT2D eigenvalue weighted by Crippen LogP contribution is -2.83. The number of aryl methyl sites for hydroxylation is 1. The number of hydrogen-bond donors (Lipinski definition) is 0. The van der Waals surface area contributed by atoms with Crippen LogP contribution in [0.3, 0.4) is 0 Å². The van der Waals surface area contributed by atoms with Crippen LogP contribution in [-0.2, 0) is 12.9 Å².